The number of nitrogens with one attached hydrogen (secondary N) is 2. The second-order valence-corrected chi connectivity index (χ2v) is 9.87. The van der Waals surface area contributed by atoms with E-state index in [-0.39, 0.29) is 23.4 Å². The Labute approximate surface area is 216 Å². The molecular formula is C31H30FN3O2. The van der Waals surface area contributed by atoms with E-state index in [0.29, 0.717) is 35.4 Å². The third kappa shape index (κ3) is 4.92. The molecule has 0 saturated heterocycles. The maximum absolute atomic E-state index is 13.7. The minimum Gasteiger partial charge on any atom is -0.378 e. The van der Waals surface area contributed by atoms with Gasteiger partial charge in [0.2, 0.25) is 0 Å². The Hall–Kier alpha value is -4.19. The highest BCUT2D eigenvalue weighted by molar-refractivity contribution is 6.10. The van der Waals surface area contributed by atoms with E-state index in [1.165, 1.54) is 24.3 Å². The molecule has 1 aliphatic carbocycles. The molecule has 0 bridgehead atoms. The molecule has 5 nitrogen and oxygen atoms in total. The van der Waals surface area contributed by atoms with Gasteiger partial charge in [-0.1, -0.05) is 42.5 Å². The molecule has 3 aromatic rings. The highest BCUT2D eigenvalue weighted by atomic mass is 19.1. The molecule has 0 aromatic heterocycles. The molecule has 1 amide bonds. The van der Waals surface area contributed by atoms with Crippen molar-refractivity contribution in [1.82, 2.24) is 5.32 Å². The number of hydrogen-bond acceptors (Lipinski definition) is 4. The van der Waals surface area contributed by atoms with Crippen molar-refractivity contribution in [3.63, 3.8) is 0 Å². The molecule has 188 valence electrons. The Bertz CT molecular complexity index is 1390. The monoisotopic (exact) mass is 495 g/mol. The molecule has 0 fully saturated rings. The molecule has 3 aromatic carbocycles. The van der Waals surface area contributed by atoms with E-state index < -0.39 is 5.92 Å². The Balaban J connectivity index is 1.56. The summed E-state index contributed by atoms with van der Waals surface area (Å²) in [4.78, 5) is 29.4. The van der Waals surface area contributed by atoms with Crippen molar-refractivity contribution >= 4 is 23.1 Å². The zero-order chi connectivity index (χ0) is 26.1. The van der Waals surface area contributed by atoms with Gasteiger partial charge in [-0.25, -0.2) is 4.39 Å². The number of dihydropyridines is 1. The van der Waals surface area contributed by atoms with E-state index in [9.17, 15) is 14.0 Å². The Kier molecular flexibility index (Phi) is 6.66. The van der Waals surface area contributed by atoms with Crippen LogP contribution in [0, 0.1) is 5.82 Å². The summed E-state index contributed by atoms with van der Waals surface area (Å²) >= 11 is 0. The molecule has 0 saturated carbocycles. The standard InChI is InChI=1S/C31H30FN3O2/c1-19-28(31(37)34-24-13-11-23(32)12-14-24)29(21-9-15-25(16-10-21)35(2)3)30-26(33-19)17-22(18-27(30)36)20-7-5-4-6-8-20/h4-16,22,29,33H,17-18H2,1-3H3,(H,34,37)/t22-,29+/m1/s1. The van der Waals surface area contributed by atoms with Gasteiger partial charge < -0.3 is 15.5 Å². The van der Waals surface area contributed by atoms with Crippen molar-refractivity contribution in [3.05, 3.63) is 118 Å². The zero-order valence-electron chi connectivity index (χ0n) is 21.2. The van der Waals surface area contributed by atoms with Crippen LogP contribution in [-0.2, 0) is 9.59 Å². The summed E-state index contributed by atoms with van der Waals surface area (Å²) in [6.45, 7) is 1.88. The SMILES string of the molecule is CC1=C(C(=O)Nc2ccc(F)cc2)[C@H](c2ccc(N(C)C)cc2)C2=C(C[C@@H](c3ccccc3)CC2=O)N1. The zero-order valence-corrected chi connectivity index (χ0v) is 21.2. The van der Waals surface area contributed by atoms with Crippen molar-refractivity contribution in [1.29, 1.82) is 0 Å². The third-order valence-electron chi connectivity index (χ3n) is 7.19. The Morgan fingerprint density at radius 3 is 2.24 bits per heavy atom. The van der Waals surface area contributed by atoms with E-state index in [1.807, 2.05) is 68.4 Å². The summed E-state index contributed by atoms with van der Waals surface area (Å²) in [5.74, 6) is -1.06. The molecule has 2 aliphatic rings. The fourth-order valence-corrected chi connectivity index (χ4v) is 5.33. The van der Waals surface area contributed by atoms with E-state index in [2.05, 4.69) is 22.8 Å². The lowest BCUT2D eigenvalue weighted by Crippen LogP contribution is -2.37. The first-order chi connectivity index (χ1) is 17.8. The Morgan fingerprint density at radius 1 is 0.919 bits per heavy atom. The summed E-state index contributed by atoms with van der Waals surface area (Å²) in [7, 11) is 3.94. The number of amides is 1. The van der Waals surface area contributed by atoms with E-state index in [4.69, 9.17) is 0 Å². The van der Waals surface area contributed by atoms with Gasteiger partial charge in [0.15, 0.2) is 5.78 Å². The van der Waals surface area contributed by atoms with Gasteiger partial charge in [0, 0.05) is 60.3 Å². The fraction of sp³-hybridized carbons (Fsp3) is 0.226. The fourth-order valence-electron chi connectivity index (χ4n) is 5.33. The van der Waals surface area contributed by atoms with Gasteiger partial charge in [-0.2, -0.15) is 0 Å². The van der Waals surface area contributed by atoms with Crippen LogP contribution in [0.1, 0.15) is 42.7 Å². The number of nitrogens with zero attached hydrogens (tertiary/aromatic N) is 1. The number of Topliss-reactive ketones (excluding diaryl/α,β-unsaturated/α-hetero) is 1. The summed E-state index contributed by atoms with van der Waals surface area (Å²) in [5.41, 5.74) is 6.28. The number of ketones is 1. The molecule has 0 radical (unpaired) electrons. The van der Waals surface area contributed by atoms with Crippen molar-refractivity contribution in [3.8, 4) is 0 Å². The van der Waals surface area contributed by atoms with Crippen LogP contribution in [0.4, 0.5) is 15.8 Å². The van der Waals surface area contributed by atoms with Gasteiger partial charge in [0.1, 0.15) is 5.82 Å². The highest BCUT2D eigenvalue weighted by Crippen LogP contribution is 2.45. The number of benzene rings is 3. The molecule has 0 spiro atoms. The minimum absolute atomic E-state index is 0.0453. The van der Waals surface area contributed by atoms with Gasteiger partial charge in [-0.05, 0) is 66.8 Å². The number of carbonyl (C=O) groups excluding carboxylic acids is 2. The number of halogens is 1. The lowest BCUT2D eigenvalue weighted by Gasteiger charge is -2.37. The summed E-state index contributed by atoms with van der Waals surface area (Å²) < 4.78 is 13.4. The molecule has 1 heterocycles. The topological polar surface area (TPSA) is 61.4 Å². The Morgan fingerprint density at radius 2 is 1.59 bits per heavy atom. The van der Waals surface area contributed by atoms with Crippen LogP contribution in [0.3, 0.4) is 0 Å². The minimum atomic E-state index is -0.503. The van der Waals surface area contributed by atoms with Crippen LogP contribution in [0.5, 0.6) is 0 Å². The first-order valence-electron chi connectivity index (χ1n) is 12.4. The van der Waals surface area contributed by atoms with Gasteiger partial charge in [-0.15, -0.1) is 0 Å². The molecule has 1 aliphatic heterocycles. The number of anilines is 2. The van der Waals surface area contributed by atoms with Crippen molar-refractivity contribution in [2.45, 2.75) is 31.6 Å². The molecule has 37 heavy (non-hydrogen) atoms. The second-order valence-electron chi connectivity index (χ2n) is 9.87. The molecule has 2 N–H and O–H groups in total. The first kappa shape index (κ1) is 24.5. The summed E-state index contributed by atoms with van der Waals surface area (Å²) in [6.07, 6.45) is 1.09. The average Bonchev–Trinajstić information content (AvgIpc) is 2.89. The van der Waals surface area contributed by atoms with Crippen LogP contribution in [0.15, 0.2) is 101 Å². The van der Waals surface area contributed by atoms with Crippen molar-refractivity contribution in [2.24, 2.45) is 0 Å². The van der Waals surface area contributed by atoms with Crippen LogP contribution >= 0.6 is 0 Å². The van der Waals surface area contributed by atoms with Crippen LogP contribution in [0.25, 0.3) is 0 Å². The largest absolute Gasteiger partial charge is 0.378 e. The van der Waals surface area contributed by atoms with E-state index >= 15 is 0 Å². The van der Waals surface area contributed by atoms with Crippen LogP contribution < -0.4 is 15.5 Å². The maximum atomic E-state index is 13.7. The van der Waals surface area contributed by atoms with Crippen LogP contribution in [0.2, 0.25) is 0 Å². The lowest BCUT2D eigenvalue weighted by atomic mass is 9.71. The normalized spacial score (nSPS) is 19.3. The van der Waals surface area contributed by atoms with Gasteiger partial charge in [0.05, 0.1) is 0 Å². The number of rotatable bonds is 5. The number of carbonyl (C=O) groups is 2. The van der Waals surface area contributed by atoms with Gasteiger partial charge >= 0.3 is 0 Å². The molecule has 2 atom stereocenters. The molecule has 5 rings (SSSR count). The first-order valence-corrected chi connectivity index (χ1v) is 12.4. The molecular weight excluding hydrogens is 465 g/mol. The van der Waals surface area contributed by atoms with E-state index in [1.54, 1.807) is 0 Å². The lowest BCUT2D eigenvalue weighted by molar-refractivity contribution is -0.116. The molecule has 6 heteroatoms. The second kappa shape index (κ2) is 10.1. The van der Waals surface area contributed by atoms with Crippen molar-refractivity contribution < 1.29 is 14.0 Å². The quantitative estimate of drug-likeness (QED) is 0.463. The van der Waals surface area contributed by atoms with Crippen LogP contribution in [-0.4, -0.2) is 25.8 Å². The highest BCUT2D eigenvalue weighted by Gasteiger charge is 2.40. The number of allylic oxidation sites excluding steroid dienone is 3. The third-order valence-corrected chi connectivity index (χ3v) is 7.19. The summed E-state index contributed by atoms with van der Waals surface area (Å²) in [6, 6.07) is 23.8. The van der Waals surface area contributed by atoms with E-state index in [0.717, 1.165) is 22.5 Å². The predicted molar refractivity (Wildman–Crippen MR) is 145 cm³/mol. The van der Waals surface area contributed by atoms with Gasteiger partial charge in [0.25, 0.3) is 5.91 Å². The van der Waals surface area contributed by atoms with Crippen molar-refractivity contribution in [2.75, 3.05) is 24.3 Å². The molecule has 0 unspecified atom stereocenters. The maximum Gasteiger partial charge on any atom is 0.254 e. The average molecular weight is 496 g/mol. The predicted octanol–water partition coefficient (Wildman–Crippen LogP) is 5.89. The number of hydrogen-bond donors (Lipinski definition) is 2. The smallest absolute Gasteiger partial charge is 0.254 e. The van der Waals surface area contributed by atoms with Gasteiger partial charge in [-0.3, -0.25) is 9.59 Å². The summed E-state index contributed by atoms with van der Waals surface area (Å²) in [5, 5.41) is 6.31.